The second-order valence-electron chi connectivity index (χ2n) is 1.47. The van der Waals surface area contributed by atoms with Crippen LogP contribution in [0, 0.1) is 0 Å². The van der Waals surface area contributed by atoms with Crippen LogP contribution in [0.3, 0.4) is 0 Å². The molecule has 0 fully saturated rings. The maximum atomic E-state index is 3.90. The van der Waals surface area contributed by atoms with Crippen LogP contribution in [0.4, 0.5) is 0 Å². The predicted octanol–water partition coefficient (Wildman–Crippen LogP) is 1.88. The van der Waals surface area contributed by atoms with Gasteiger partial charge >= 0.3 is 0 Å². The van der Waals surface area contributed by atoms with Gasteiger partial charge in [0.1, 0.15) is 10.9 Å². The highest BCUT2D eigenvalue weighted by Crippen LogP contribution is 2.05. The Kier molecular flexibility index (Phi) is 1.95. The van der Waals surface area contributed by atoms with Gasteiger partial charge in [0.15, 0.2) is 0 Å². The molecule has 3 heteroatoms. The van der Waals surface area contributed by atoms with E-state index < -0.39 is 0 Å². The molecule has 2 nitrogen and oxygen atoms in total. The fourth-order valence-electron chi connectivity index (χ4n) is 0.459. The molecule has 0 unspecified atom stereocenters. The fraction of sp³-hybridized carbons (Fsp3) is 0. The lowest BCUT2D eigenvalue weighted by atomic mass is 10.4. The number of rotatable bonds is 1. The number of halogens is 1. The van der Waals surface area contributed by atoms with Crippen molar-refractivity contribution < 1.29 is 0 Å². The van der Waals surface area contributed by atoms with E-state index >= 15 is 0 Å². The summed E-state index contributed by atoms with van der Waals surface area (Å²) in [4.78, 5) is 7.74. The number of nitrogens with zero attached hydrogens (tertiary/aromatic N) is 2. The van der Waals surface area contributed by atoms with Gasteiger partial charge in [-0.3, -0.25) is 0 Å². The summed E-state index contributed by atoms with van der Waals surface area (Å²) in [5.74, 6) is 0. The second kappa shape index (κ2) is 2.73. The highest BCUT2D eigenvalue weighted by molar-refractivity contribution is 9.10. The van der Waals surface area contributed by atoms with Crippen molar-refractivity contribution in [2.75, 3.05) is 0 Å². The van der Waals surface area contributed by atoms with E-state index in [-0.39, 0.29) is 0 Å². The third-order valence-corrected chi connectivity index (χ3v) is 1.30. The first-order chi connectivity index (χ1) is 4.33. The Morgan fingerprint density at radius 3 is 2.78 bits per heavy atom. The number of hydrogen-bond donors (Lipinski definition) is 0. The highest BCUT2D eigenvalue weighted by Gasteiger charge is 1.87. The Labute approximate surface area is 61.8 Å². The fourth-order valence-corrected chi connectivity index (χ4v) is 0.785. The van der Waals surface area contributed by atoms with Crippen LogP contribution in [0.2, 0.25) is 0 Å². The molecule has 0 atom stereocenters. The summed E-state index contributed by atoms with van der Waals surface area (Å²) < 4.78 is 0.785. The summed E-state index contributed by atoms with van der Waals surface area (Å²) >= 11 is 3.20. The average Bonchev–Trinajstić information content (AvgIpc) is 1.88. The Hall–Kier alpha value is -0.700. The lowest BCUT2D eigenvalue weighted by molar-refractivity contribution is 1.12. The maximum Gasteiger partial charge on any atom is 0.117 e. The van der Waals surface area contributed by atoms with Gasteiger partial charge in [-0.1, -0.05) is 6.58 Å². The van der Waals surface area contributed by atoms with Gasteiger partial charge in [0.2, 0.25) is 0 Å². The van der Waals surface area contributed by atoms with Gasteiger partial charge in [0.05, 0.1) is 5.69 Å². The van der Waals surface area contributed by atoms with Gasteiger partial charge in [-0.15, -0.1) is 0 Å². The lowest BCUT2D eigenvalue weighted by Gasteiger charge is -1.89. The SMILES string of the molecule is C=Cc1cc(Br)ncn1. The minimum atomic E-state index is 0.785. The predicted molar refractivity (Wildman–Crippen MR) is 39.8 cm³/mol. The Bertz CT molecular complexity index is 222. The number of hydrogen-bond acceptors (Lipinski definition) is 2. The van der Waals surface area contributed by atoms with Gasteiger partial charge in [-0.25, -0.2) is 9.97 Å². The molecule has 0 saturated heterocycles. The monoisotopic (exact) mass is 184 g/mol. The van der Waals surface area contributed by atoms with Crippen LogP contribution in [0.1, 0.15) is 5.69 Å². The van der Waals surface area contributed by atoms with Crippen molar-refractivity contribution >= 4 is 22.0 Å². The Balaban J connectivity index is 3.07. The molecule has 0 spiro atoms. The van der Waals surface area contributed by atoms with Gasteiger partial charge in [-0.05, 0) is 28.1 Å². The average molecular weight is 185 g/mol. The van der Waals surface area contributed by atoms with E-state index in [9.17, 15) is 0 Å². The molecule has 1 heterocycles. The standard InChI is InChI=1S/C6H5BrN2/c1-2-5-3-6(7)9-4-8-5/h2-4H,1H2. The van der Waals surface area contributed by atoms with Crippen LogP contribution in [0.5, 0.6) is 0 Å². The van der Waals surface area contributed by atoms with Gasteiger partial charge in [0.25, 0.3) is 0 Å². The zero-order valence-corrected chi connectivity index (χ0v) is 6.30. The third-order valence-electron chi connectivity index (χ3n) is 0.864. The van der Waals surface area contributed by atoms with Gasteiger partial charge in [-0.2, -0.15) is 0 Å². The van der Waals surface area contributed by atoms with Crippen LogP contribution < -0.4 is 0 Å². The van der Waals surface area contributed by atoms with Crippen molar-refractivity contribution in [3.63, 3.8) is 0 Å². The van der Waals surface area contributed by atoms with Crippen molar-refractivity contribution in [2.45, 2.75) is 0 Å². The molecule has 0 aliphatic carbocycles. The first kappa shape index (κ1) is 6.42. The van der Waals surface area contributed by atoms with Crippen molar-refractivity contribution in [1.29, 1.82) is 0 Å². The van der Waals surface area contributed by atoms with E-state index in [0.29, 0.717) is 0 Å². The van der Waals surface area contributed by atoms with Crippen LogP contribution in [-0.2, 0) is 0 Å². The minimum Gasteiger partial charge on any atom is -0.237 e. The molecule has 0 aliphatic rings. The summed E-state index contributed by atoms with van der Waals surface area (Å²) in [6.07, 6.45) is 3.16. The van der Waals surface area contributed by atoms with Crippen LogP contribution in [0.15, 0.2) is 23.6 Å². The van der Waals surface area contributed by atoms with E-state index in [1.54, 1.807) is 12.1 Å². The molecule has 0 bridgehead atoms. The van der Waals surface area contributed by atoms with E-state index in [1.165, 1.54) is 6.33 Å². The zero-order valence-electron chi connectivity index (χ0n) is 4.71. The van der Waals surface area contributed by atoms with Crippen LogP contribution >= 0.6 is 15.9 Å². The summed E-state index contributed by atoms with van der Waals surface area (Å²) in [5.41, 5.74) is 0.830. The number of aromatic nitrogens is 2. The summed E-state index contributed by atoms with van der Waals surface area (Å²) in [7, 11) is 0. The lowest BCUT2D eigenvalue weighted by Crippen LogP contribution is -1.81. The molecule has 9 heavy (non-hydrogen) atoms. The summed E-state index contributed by atoms with van der Waals surface area (Å²) in [6.45, 7) is 3.56. The molecule has 0 amide bonds. The molecule has 0 saturated carbocycles. The molecule has 0 N–H and O–H groups in total. The Morgan fingerprint density at radius 1 is 1.56 bits per heavy atom. The summed E-state index contributed by atoms with van der Waals surface area (Å²) in [5, 5.41) is 0. The molecule has 1 aromatic rings. The maximum absolute atomic E-state index is 3.90. The Morgan fingerprint density at radius 2 is 2.33 bits per heavy atom. The zero-order chi connectivity index (χ0) is 6.69. The summed E-state index contributed by atoms with van der Waals surface area (Å²) in [6, 6.07) is 1.80. The third kappa shape index (κ3) is 1.61. The first-order valence-corrected chi connectivity index (χ1v) is 3.22. The second-order valence-corrected chi connectivity index (χ2v) is 2.28. The van der Waals surface area contributed by atoms with Crippen LogP contribution in [0.25, 0.3) is 6.08 Å². The molecule has 0 radical (unpaired) electrons. The normalized spacial score (nSPS) is 9.00. The van der Waals surface area contributed by atoms with Crippen molar-refractivity contribution in [3.05, 3.63) is 29.3 Å². The van der Waals surface area contributed by atoms with Gasteiger partial charge < -0.3 is 0 Å². The molecular weight excluding hydrogens is 180 g/mol. The molecule has 1 aromatic heterocycles. The van der Waals surface area contributed by atoms with Crippen LogP contribution in [-0.4, -0.2) is 9.97 Å². The van der Waals surface area contributed by atoms with Crippen molar-refractivity contribution in [2.24, 2.45) is 0 Å². The van der Waals surface area contributed by atoms with E-state index in [2.05, 4.69) is 32.5 Å². The highest BCUT2D eigenvalue weighted by atomic mass is 79.9. The quantitative estimate of drug-likeness (QED) is 0.624. The largest absolute Gasteiger partial charge is 0.237 e. The molecule has 1 rings (SSSR count). The van der Waals surface area contributed by atoms with E-state index in [1.807, 2.05) is 0 Å². The molecule has 0 aliphatic heterocycles. The smallest absolute Gasteiger partial charge is 0.117 e. The molecular formula is C6H5BrN2. The van der Waals surface area contributed by atoms with Crippen molar-refractivity contribution in [3.8, 4) is 0 Å². The van der Waals surface area contributed by atoms with E-state index in [4.69, 9.17) is 0 Å². The minimum absolute atomic E-state index is 0.785. The first-order valence-electron chi connectivity index (χ1n) is 2.43. The van der Waals surface area contributed by atoms with E-state index in [0.717, 1.165) is 10.3 Å². The van der Waals surface area contributed by atoms with Crippen molar-refractivity contribution in [1.82, 2.24) is 9.97 Å². The topological polar surface area (TPSA) is 25.8 Å². The molecule has 46 valence electrons. The van der Waals surface area contributed by atoms with Gasteiger partial charge in [0, 0.05) is 0 Å². The molecule has 0 aromatic carbocycles.